The van der Waals surface area contributed by atoms with E-state index in [2.05, 4.69) is 34.6 Å². The van der Waals surface area contributed by atoms with Crippen LogP contribution in [0.3, 0.4) is 0 Å². The Labute approximate surface area is 119 Å². The van der Waals surface area contributed by atoms with E-state index in [0.29, 0.717) is 17.9 Å². The number of hydrogen-bond acceptors (Lipinski definition) is 5. The molecule has 6 nitrogen and oxygen atoms in total. The minimum absolute atomic E-state index is 0.151. The molecule has 1 fully saturated rings. The predicted octanol–water partition coefficient (Wildman–Crippen LogP) is 0.829. The molecular weight excluding hydrogens is 254 g/mol. The van der Waals surface area contributed by atoms with Gasteiger partial charge in [0.15, 0.2) is 0 Å². The van der Waals surface area contributed by atoms with Crippen LogP contribution in [0.25, 0.3) is 0 Å². The molecule has 110 valence electrons. The number of nitrogens with two attached hydrogens (primary N) is 1. The fourth-order valence-corrected chi connectivity index (χ4v) is 2.36. The highest BCUT2D eigenvalue weighted by atomic mass is 16.1. The maximum atomic E-state index is 12.1. The van der Waals surface area contributed by atoms with Crippen LogP contribution >= 0.6 is 0 Å². The maximum Gasteiger partial charge on any atom is 0.269 e. The van der Waals surface area contributed by atoms with Gasteiger partial charge >= 0.3 is 0 Å². The molecule has 1 aliphatic heterocycles. The number of nitrogens with one attached hydrogen (secondary N) is 2. The molecule has 0 spiro atoms. The highest BCUT2D eigenvalue weighted by Gasteiger charge is 2.29. The van der Waals surface area contributed by atoms with Crippen molar-refractivity contribution in [2.45, 2.75) is 19.8 Å². The van der Waals surface area contributed by atoms with Gasteiger partial charge in [0.2, 0.25) is 0 Å². The quantitative estimate of drug-likeness (QED) is 0.561. The summed E-state index contributed by atoms with van der Waals surface area (Å²) >= 11 is 0. The SMILES string of the molecule is CN1CCC(C)(CNC(=O)c2cc(NN)ccn2)CC1. The molecule has 0 aromatic carbocycles. The van der Waals surface area contributed by atoms with Gasteiger partial charge in [-0.3, -0.25) is 15.6 Å². The minimum atomic E-state index is -0.151. The molecule has 4 N–H and O–H groups in total. The van der Waals surface area contributed by atoms with Gasteiger partial charge in [-0.15, -0.1) is 0 Å². The summed E-state index contributed by atoms with van der Waals surface area (Å²) in [5, 5.41) is 2.99. The van der Waals surface area contributed by atoms with Crippen LogP contribution in [0.4, 0.5) is 5.69 Å². The molecular formula is C14H23N5O. The van der Waals surface area contributed by atoms with Crippen LogP contribution in [0.5, 0.6) is 0 Å². The third-order valence-electron chi connectivity index (χ3n) is 4.03. The lowest BCUT2D eigenvalue weighted by Crippen LogP contribution is -2.43. The average Bonchev–Trinajstić information content (AvgIpc) is 2.48. The van der Waals surface area contributed by atoms with Crippen LogP contribution < -0.4 is 16.6 Å². The fraction of sp³-hybridized carbons (Fsp3) is 0.571. The molecule has 0 unspecified atom stereocenters. The van der Waals surface area contributed by atoms with E-state index in [-0.39, 0.29) is 11.3 Å². The molecule has 1 aromatic rings. The lowest BCUT2D eigenvalue weighted by Gasteiger charge is -2.37. The number of pyridine rings is 1. The van der Waals surface area contributed by atoms with Crippen LogP contribution in [-0.4, -0.2) is 42.5 Å². The molecule has 1 saturated heterocycles. The van der Waals surface area contributed by atoms with Crippen molar-refractivity contribution >= 4 is 11.6 Å². The minimum Gasteiger partial charge on any atom is -0.350 e. The molecule has 1 aromatic heterocycles. The van der Waals surface area contributed by atoms with E-state index in [1.165, 1.54) is 0 Å². The van der Waals surface area contributed by atoms with Crippen molar-refractivity contribution in [1.82, 2.24) is 15.2 Å². The van der Waals surface area contributed by atoms with Crippen molar-refractivity contribution in [3.8, 4) is 0 Å². The van der Waals surface area contributed by atoms with E-state index in [0.717, 1.165) is 25.9 Å². The number of rotatable bonds is 4. The summed E-state index contributed by atoms with van der Waals surface area (Å²) in [6.07, 6.45) is 3.77. The lowest BCUT2D eigenvalue weighted by molar-refractivity contribution is 0.0887. The molecule has 0 atom stereocenters. The summed E-state index contributed by atoms with van der Waals surface area (Å²) in [6, 6.07) is 3.36. The summed E-state index contributed by atoms with van der Waals surface area (Å²) in [4.78, 5) is 18.5. The van der Waals surface area contributed by atoms with Crippen LogP contribution in [0.15, 0.2) is 18.3 Å². The summed E-state index contributed by atoms with van der Waals surface area (Å²) in [6.45, 7) is 5.07. The Hall–Kier alpha value is -1.66. The van der Waals surface area contributed by atoms with Crippen LogP contribution in [-0.2, 0) is 0 Å². The number of hydrogen-bond donors (Lipinski definition) is 3. The van der Waals surface area contributed by atoms with E-state index < -0.39 is 0 Å². The number of nitrogen functional groups attached to an aromatic ring is 1. The summed E-state index contributed by atoms with van der Waals surface area (Å²) in [5.74, 6) is 5.18. The predicted molar refractivity (Wildman–Crippen MR) is 79.2 cm³/mol. The second-order valence-electron chi connectivity index (χ2n) is 5.87. The second kappa shape index (κ2) is 6.19. The first-order valence-electron chi connectivity index (χ1n) is 6.92. The van der Waals surface area contributed by atoms with Crippen molar-refractivity contribution in [1.29, 1.82) is 0 Å². The number of carbonyl (C=O) groups excluding carboxylic acids is 1. The molecule has 20 heavy (non-hydrogen) atoms. The zero-order valence-electron chi connectivity index (χ0n) is 12.1. The molecule has 2 heterocycles. The van der Waals surface area contributed by atoms with Gasteiger partial charge < -0.3 is 15.6 Å². The van der Waals surface area contributed by atoms with Gasteiger partial charge in [0.25, 0.3) is 5.91 Å². The molecule has 0 bridgehead atoms. The number of likely N-dealkylation sites (tertiary alicyclic amines) is 1. The normalized spacial score (nSPS) is 18.6. The largest absolute Gasteiger partial charge is 0.350 e. The molecule has 6 heteroatoms. The number of amides is 1. The average molecular weight is 277 g/mol. The first kappa shape index (κ1) is 14.7. The van der Waals surface area contributed by atoms with Gasteiger partial charge in [-0.2, -0.15) is 0 Å². The van der Waals surface area contributed by atoms with Gasteiger partial charge in [-0.05, 0) is 50.5 Å². The van der Waals surface area contributed by atoms with Crippen LogP contribution in [0.1, 0.15) is 30.3 Å². The third kappa shape index (κ3) is 3.68. The van der Waals surface area contributed by atoms with Gasteiger partial charge in [0, 0.05) is 12.7 Å². The number of aromatic nitrogens is 1. The topological polar surface area (TPSA) is 83.3 Å². The maximum absolute atomic E-state index is 12.1. The first-order chi connectivity index (χ1) is 9.52. The van der Waals surface area contributed by atoms with E-state index in [1.54, 1.807) is 18.3 Å². The summed E-state index contributed by atoms with van der Waals surface area (Å²) < 4.78 is 0. The second-order valence-corrected chi connectivity index (χ2v) is 5.87. The van der Waals surface area contributed by atoms with Crippen molar-refractivity contribution in [3.05, 3.63) is 24.0 Å². The Balaban J connectivity index is 1.91. The number of nitrogens with zero attached hydrogens (tertiary/aromatic N) is 2. The van der Waals surface area contributed by atoms with Gasteiger partial charge in [0.1, 0.15) is 5.69 Å². The van der Waals surface area contributed by atoms with Gasteiger partial charge in [-0.25, -0.2) is 0 Å². The van der Waals surface area contributed by atoms with Crippen molar-refractivity contribution in [3.63, 3.8) is 0 Å². The van der Waals surface area contributed by atoms with E-state index in [1.807, 2.05) is 0 Å². The van der Waals surface area contributed by atoms with E-state index in [9.17, 15) is 4.79 Å². The number of anilines is 1. The highest BCUT2D eigenvalue weighted by molar-refractivity contribution is 5.93. The summed E-state index contributed by atoms with van der Waals surface area (Å²) in [5.41, 5.74) is 3.75. The van der Waals surface area contributed by atoms with Crippen molar-refractivity contribution < 1.29 is 4.79 Å². The van der Waals surface area contributed by atoms with Crippen LogP contribution in [0.2, 0.25) is 0 Å². The zero-order chi connectivity index (χ0) is 14.6. The van der Waals surface area contributed by atoms with Crippen LogP contribution in [0, 0.1) is 5.41 Å². The molecule has 2 rings (SSSR count). The highest BCUT2D eigenvalue weighted by Crippen LogP contribution is 2.29. The monoisotopic (exact) mass is 277 g/mol. The van der Waals surface area contributed by atoms with Crippen molar-refractivity contribution in [2.75, 3.05) is 32.1 Å². The number of carbonyl (C=O) groups is 1. The molecule has 1 amide bonds. The Morgan fingerprint density at radius 3 is 2.85 bits per heavy atom. The standard InChI is InChI=1S/C14H23N5O/c1-14(4-7-19(2)8-5-14)10-17-13(20)12-9-11(18-15)3-6-16-12/h3,6,9H,4-5,7-8,10,15H2,1-2H3,(H,16,18)(H,17,20). The molecule has 0 saturated carbocycles. The zero-order valence-corrected chi connectivity index (χ0v) is 12.1. The Bertz CT molecular complexity index is 468. The number of hydrazine groups is 1. The first-order valence-corrected chi connectivity index (χ1v) is 6.92. The number of piperidine rings is 1. The van der Waals surface area contributed by atoms with E-state index >= 15 is 0 Å². The Kier molecular flexibility index (Phi) is 4.57. The lowest BCUT2D eigenvalue weighted by atomic mass is 9.80. The van der Waals surface area contributed by atoms with Gasteiger partial charge in [-0.1, -0.05) is 6.92 Å². The molecule has 1 aliphatic rings. The van der Waals surface area contributed by atoms with Gasteiger partial charge in [0.05, 0.1) is 5.69 Å². The Morgan fingerprint density at radius 1 is 1.50 bits per heavy atom. The van der Waals surface area contributed by atoms with Crippen molar-refractivity contribution in [2.24, 2.45) is 11.3 Å². The van der Waals surface area contributed by atoms with E-state index in [4.69, 9.17) is 5.84 Å². The third-order valence-corrected chi connectivity index (χ3v) is 4.03. The smallest absolute Gasteiger partial charge is 0.269 e. The fourth-order valence-electron chi connectivity index (χ4n) is 2.36. The summed E-state index contributed by atoms with van der Waals surface area (Å²) in [7, 11) is 2.13. The molecule has 0 aliphatic carbocycles. The Morgan fingerprint density at radius 2 is 2.20 bits per heavy atom. The molecule has 0 radical (unpaired) electrons.